The van der Waals surface area contributed by atoms with E-state index in [1.807, 2.05) is 6.92 Å². The Balaban J connectivity index is 1.77. The smallest absolute Gasteiger partial charge is 0.312 e. The molecule has 0 spiro atoms. The highest BCUT2D eigenvalue weighted by molar-refractivity contribution is 9.10. The molecule has 1 amide bonds. The van der Waals surface area contributed by atoms with Gasteiger partial charge >= 0.3 is 5.97 Å². The van der Waals surface area contributed by atoms with E-state index in [0.717, 1.165) is 10.0 Å². The van der Waals surface area contributed by atoms with Crippen LogP contribution in [0.2, 0.25) is 0 Å². The number of carbonyl (C=O) groups excluding carboxylic acids is 2. The average molecular weight is 438 g/mol. The number of fused-ring (bicyclic) bond motifs is 1. The van der Waals surface area contributed by atoms with Crippen LogP contribution in [0.5, 0.6) is 5.75 Å². The number of carbonyl (C=O) groups is 2. The van der Waals surface area contributed by atoms with Gasteiger partial charge in [-0.15, -0.1) is 0 Å². The second kappa shape index (κ2) is 7.20. The summed E-state index contributed by atoms with van der Waals surface area (Å²) < 4.78 is 30.6. The molecule has 0 bridgehead atoms. The highest BCUT2D eigenvalue weighted by Gasteiger charge is 2.33. The molecule has 0 saturated heterocycles. The van der Waals surface area contributed by atoms with Crippen molar-refractivity contribution in [3.8, 4) is 5.75 Å². The summed E-state index contributed by atoms with van der Waals surface area (Å²) in [6.45, 7) is 1.86. The molecule has 6 nitrogen and oxygen atoms in total. The first-order valence-corrected chi connectivity index (χ1v) is 10.3. The van der Waals surface area contributed by atoms with Crippen LogP contribution < -0.4 is 10.1 Å². The van der Waals surface area contributed by atoms with Crippen LogP contribution >= 0.6 is 15.9 Å². The molecule has 1 unspecified atom stereocenters. The number of nitrogens with one attached hydrogen (secondary N) is 1. The summed E-state index contributed by atoms with van der Waals surface area (Å²) in [5.41, 5.74) is 1.49. The van der Waals surface area contributed by atoms with Gasteiger partial charge in [-0.3, -0.25) is 9.59 Å². The minimum atomic E-state index is -3.67. The standard InChI is InChI=1S/C18H16BrNO5S/c1-11-2-5-13(6-3-11)26(23,24)10-20-18(22)15-9-17(21)25-16-7-4-12(19)8-14(15)16/h2-8,15H,9-10H2,1H3,(H,20,22). The molecule has 0 aliphatic carbocycles. The van der Waals surface area contributed by atoms with Gasteiger partial charge < -0.3 is 10.1 Å². The molecule has 136 valence electrons. The molecule has 1 aliphatic rings. The second-order valence-corrected chi connectivity index (χ2v) is 8.93. The molecular formula is C18H16BrNO5S. The normalized spacial score (nSPS) is 16.5. The first kappa shape index (κ1) is 18.6. The highest BCUT2D eigenvalue weighted by atomic mass is 79.9. The van der Waals surface area contributed by atoms with Gasteiger partial charge in [0.25, 0.3) is 0 Å². The van der Waals surface area contributed by atoms with Gasteiger partial charge in [-0.1, -0.05) is 33.6 Å². The molecule has 2 aromatic carbocycles. The second-order valence-electron chi connectivity index (χ2n) is 6.03. The first-order chi connectivity index (χ1) is 12.3. The van der Waals surface area contributed by atoms with E-state index >= 15 is 0 Å². The maximum absolute atomic E-state index is 12.6. The van der Waals surface area contributed by atoms with Crippen LogP contribution in [0, 0.1) is 6.92 Å². The molecule has 1 aliphatic heterocycles. The molecule has 0 radical (unpaired) electrons. The van der Waals surface area contributed by atoms with Crippen molar-refractivity contribution in [1.82, 2.24) is 5.32 Å². The number of hydrogen-bond donors (Lipinski definition) is 1. The number of esters is 1. The van der Waals surface area contributed by atoms with Gasteiger partial charge in [0.2, 0.25) is 5.91 Å². The molecule has 0 aromatic heterocycles. The maximum atomic E-state index is 12.6. The van der Waals surface area contributed by atoms with Crippen molar-refractivity contribution in [1.29, 1.82) is 0 Å². The van der Waals surface area contributed by atoms with E-state index < -0.39 is 33.5 Å². The molecule has 0 saturated carbocycles. The van der Waals surface area contributed by atoms with E-state index in [0.29, 0.717) is 11.3 Å². The van der Waals surface area contributed by atoms with E-state index in [4.69, 9.17) is 4.74 Å². The summed E-state index contributed by atoms with van der Waals surface area (Å²) in [5, 5.41) is 2.44. The SMILES string of the molecule is Cc1ccc(S(=O)(=O)CNC(=O)C2CC(=O)Oc3ccc(Br)cc32)cc1. The third-order valence-electron chi connectivity index (χ3n) is 4.07. The zero-order valence-corrected chi connectivity index (χ0v) is 16.3. The first-order valence-electron chi connectivity index (χ1n) is 7.83. The van der Waals surface area contributed by atoms with Crippen LogP contribution in [0.4, 0.5) is 0 Å². The van der Waals surface area contributed by atoms with Gasteiger partial charge in [0.1, 0.15) is 11.6 Å². The Morgan fingerprint density at radius 2 is 1.92 bits per heavy atom. The van der Waals surface area contributed by atoms with E-state index in [1.54, 1.807) is 30.3 Å². The van der Waals surface area contributed by atoms with E-state index in [1.165, 1.54) is 12.1 Å². The third-order valence-corrected chi connectivity index (χ3v) is 6.08. The van der Waals surface area contributed by atoms with Crippen LogP contribution in [-0.2, 0) is 19.4 Å². The number of halogens is 1. The summed E-state index contributed by atoms with van der Waals surface area (Å²) in [7, 11) is -3.67. The van der Waals surface area contributed by atoms with Crippen LogP contribution in [0.3, 0.4) is 0 Å². The molecular weight excluding hydrogens is 422 g/mol. The van der Waals surface area contributed by atoms with E-state index in [2.05, 4.69) is 21.2 Å². The Morgan fingerprint density at radius 1 is 1.23 bits per heavy atom. The summed E-state index contributed by atoms with van der Waals surface area (Å²) in [6.07, 6.45) is -0.139. The minimum Gasteiger partial charge on any atom is -0.426 e. The van der Waals surface area contributed by atoms with Crippen LogP contribution in [0.1, 0.15) is 23.5 Å². The van der Waals surface area contributed by atoms with E-state index in [-0.39, 0.29) is 11.3 Å². The lowest BCUT2D eigenvalue weighted by Crippen LogP contribution is -2.36. The van der Waals surface area contributed by atoms with Crippen molar-refractivity contribution >= 4 is 37.6 Å². The third kappa shape index (κ3) is 3.96. The van der Waals surface area contributed by atoms with Crippen LogP contribution in [-0.4, -0.2) is 26.2 Å². The number of rotatable bonds is 4. The zero-order chi connectivity index (χ0) is 18.9. The summed E-state index contributed by atoms with van der Waals surface area (Å²) in [5.74, 6) is -2.08. The van der Waals surface area contributed by atoms with Crippen molar-refractivity contribution < 1.29 is 22.7 Å². The monoisotopic (exact) mass is 437 g/mol. The Kier molecular flexibility index (Phi) is 5.15. The number of aryl methyl sites for hydroxylation is 1. The lowest BCUT2D eigenvalue weighted by Gasteiger charge is -2.24. The molecule has 0 fully saturated rings. The van der Waals surface area contributed by atoms with Gasteiger partial charge in [-0.25, -0.2) is 8.42 Å². The molecule has 1 heterocycles. The predicted molar refractivity (Wildman–Crippen MR) is 98.5 cm³/mol. The Labute approximate surface area is 159 Å². The molecule has 8 heteroatoms. The quantitative estimate of drug-likeness (QED) is 0.586. The van der Waals surface area contributed by atoms with Gasteiger partial charge in [0, 0.05) is 10.0 Å². The number of hydrogen-bond acceptors (Lipinski definition) is 5. The average Bonchev–Trinajstić information content (AvgIpc) is 2.60. The summed E-state index contributed by atoms with van der Waals surface area (Å²) >= 11 is 3.32. The van der Waals surface area contributed by atoms with Crippen molar-refractivity contribution in [2.45, 2.75) is 24.2 Å². The number of amides is 1. The van der Waals surface area contributed by atoms with Gasteiger partial charge in [0.15, 0.2) is 9.84 Å². The fourth-order valence-electron chi connectivity index (χ4n) is 2.68. The Morgan fingerprint density at radius 3 is 2.62 bits per heavy atom. The Bertz CT molecular complexity index is 970. The van der Waals surface area contributed by atoms with Crippen molar-refractivity contribution in [2.24, 2.45) is 0 Å². The fraction of sp³-hybridized carbons (Fsp3) is 0.222. The fourth-order valence-corrected chi connectivity index (χ4v) is 4.11. The van der Waals surface area contributed by atoms with Gasteiger partial charge in [-0.2, -0.15) is 0 Å². The molecule has 26 heavy (non-hydrogen) atoms. The van der Waals surface area contributed by atoms with Crippen LogP contribution in [0.15, 0.2) is 51.8 Å². The van der Waals surface area contributed by atoms with Gasteiger partial charge in [-0.05, 0) is 37.3 Å². The van der Waals surface area contributed by atoms with Crippen molar-refractivity contribution in [3.63, 3.8) is 0 Å². The number of ether oxygens (including phenoxy) is 1. The molecule has 2 aromatic rings. The summed E-state index contributed by atoms with van der Waals surface area (Å²) in [6, 6.07) is 11.4. The highest BCUT2D eigenvalue weighted by Crippen LogP contribution is 2.36. The van der Waals surface area contributed by atoms with E-state index in [9.17, 15) is 18.0 Å². The predicted octanol–water partition coefficient (Wildman–Crippen LogP) is 2.70. The van der Waals surface area contributed by atoms with Crippen molar-refractivity contribution in [3.05, 3.63) is 58.1 Å². The molecule has 3 rings (SSSR count). The number of sulfone groups is 1. The van der Waals surface area contributed by atoms with Crippen molar-refractivity contribution in [2.75, 3.05) is 5.88 Å². The largest absolute Gasteiger partial charge is 0.426 e. The molecule has 1 atom stereocenters. The lowest BCUT2D eigenvalue weighted by molar-refractivity contribution is -0.138. The lowest BCUT2D eigenvalue weighted by atomic mass is 9.92. The molecule has 1 N–H and O–H groups in total. The topological polar surface area (TPSA) is 89.5 Å². The van der Waals surface area contributed by atoms with Gasteiger partial charge in [0.05, 0.1) is 17.2 Å². The maximum Gasteiger partial charge on any atom is 0.312 e. The minimum absolute atomic E-state index is 0.134. The summed E-state index contributed by atoms with van der Waals surface area (Å²) in [4.78, 5) is 24.4. The zero-order valence-electron chi connectivity index (χ0n) is 13.9. The number of benzene rings is 2. The van der Waals surface area contributed by atoms with Crippen LogP contribution in [0.25, 0.3) is 0 Å². The Hall–Kier alpha value is -2.19.